The monoisotopic (exact) mass is 188 g/mol. The maximum atomic E-state index is 8.70. The Morgan fingerprint density at radius 3 is 2.71 bits per heavy atom. The Hall–Kier alpha value is -1.30. The van der Waals surface area contributed by atoms with Crippen LogP contribution in [0.15, 0.2) is 36.1 Å². The maximum absolute atomic E-state index is 8.70. The van der Waals surface area contributed by atoms with E-state index in [1.807, 2.05) is 12.1 Å². The lowest BCUT2D eigenvalue weighted by Crippen LogP contribution is -1.86. The Morgan fingerprint density at radius 2 is 2.14 bits per heavy atom. The number of aryl methyl sites for hydroxylation is 1. The van der Waals surface area contributed by atoms with E-state index >= 15 is 0 Å². The number of benzene rings is 1. The number of aliphatic hydroxyl groups excluding tert-OH is 1. The first-order valence-corrected chi connectivity index (χ1v) is 4.90. The van der Waals surface area contributed by atoms with Crippen molar-refractivity contribution >= 4 is 5.57 Å². The predicted molar refractivity (Wildman–Crippen MR) is 60.0 cm³/mol. The summed E-state index contributed by atoms with van der Waals surface area (Å²) in [6, 6.07) is 8.23. The van der Waals surface area contributed by atoms with E-state index in [-0.39, 0.29) is 6.61 Å². The summed E-state index contributed by atoms with van der Waals surface area (Å²) in [7, 11) is 0. The highest BCUT2D eigenvalue weighted by Gasteiger charge is 2.00. The van der Waals surface area contributed by atoms with Crippen molar-refractivity contribution in [1.29, 1.82) is 0 Å². The van der Waals surface area contributed by atoms with Gasteiger partial charge in [0.05, 0.1) is 6.61 Å². The fraction of sp³-hybridized carbons (Fsp3) is 0.308. The van der Waals surface area contributed by atoms with E-state index in [1.165, 1.54) is 11.1 Å². The molecule has 0 aliphatic carbocycles. The molecule has 1 aromatic rings. The highest BCUT2D eigenvalue weighted by atomic mass is 16.2. The van der Waals surface area contributed by atoms with Gasteiger partial charge in [-0.15, -0.1) is 5.73 Å². The van der Waals surface area contributed by atoms with Crippen molar-refractivity contribution in [2.45, 2.75) is 20.3 Å². The van der Waals surface area contributed by atoms with Gasteiger partial charge in [0.15, 0.2) is 0 Å². The standard InChI is InChI=1S/C13H16O/c1-3-12(8-6-10-14)13-9-5-4-7-11(13)2/h4-7,9,14H,3,10H2,1-2H3. The molecular weight excluding hydrogens is 172 g/mol. The Balaban J connectivity index is 3.14. The van der Waals surface area contributed by atoms with Crippen LogP contribution >= 0.6 is 0 Å². The molecule has 1 N–H and O–H groups in total. The Bertz CT molecular complexity index is 357. The third-order valence-electron chi connectivity index (χ3n) is 2.19. The van der Waals surface area contributed by atoms with Crippen molar-refractivity contribution in [1.82, 2.24) is 0 Å². The molecule has 74 valence electrons. The molecule has 0 bridgehead atoms. The van der Waals surface area contributed by atoms with Crippen LogP contribution < -0.4 is 0 Å². The zero-order valence-corrected chi connectivity index (χ0v) is 8.75. The van der Waals surface area contributed by atoms with E-state index < -0.39 is 0 Å². The normalized spacial score (nSPS) is 9.36. The van der Waals surface area contributed by atoms with Gasteiger partial charge in [-0.05, 0) is 30.5 Å². The van der Waals surface area contributed by atoms with Gasteiger partial charge in [-0.1, -0.05) is 31.2 Å². The Kier molecular flexibility index (Phi) is 4.18. The zero-order chi connectivity index (χ0) is 10.4. The van der Waals surface area contributed by atoms with Crippen molar-refractivity contribution in [3.05, 3.63) is 47.2 Å². The third-order valence-corrected chi connectivity index (χ3v) is 2.19. The van der Waals surface area contributed by atoms with Crippen LogP contribution in [0.5, 0.6) is 0 Å². The summed E-state index contributed by atoms with van der Waals surface area (Å²) >= 11 is 0. The SMILES string of the molecule is CCC(=C=CCO)c1ccccc1C. The van der Waals surface area contributed by atoms with E-state index in [1.54, 1.807) is 6.08 Å². The summed E-state index contributed by atoms with van der Waals surface area (Å²) in [5.74, 6) is 0. The largest absolute Gasteiger partial charge is 0.392 e. The number of rotatable bonds is 3. The first-order chi connectivity index (χ1) is 6.79. The van der Waals surface area contributed by atoms with Crippen LogP contribution in [0.3, 0.4) is 0 Å². The minimum atomic E-state index is 0.0510. The molecule has 0 aromatic heterocycles. The molecular formula is C13H16O. The summed E-state index contributed by atoms with van der Waals surface area (Å²) in [6.07, 6.45) is 2.59. The lowest BCUT2D eigenvalue weighted by molar-refractivity contribution is 0.343. The predicted octanol–water partition coefficient (Wildman–Crippen LogP) is 2.94. The summed E-state index contributed by atoms with van der Waals surface area (Å²) < 4.78 is 0. The minimum absolute atomic E-state index is 0.0510. The fourth-order valence-electron chi connectivity index (χ4n) is 1.45. The molecule has 0 fully saturated rings. The van der Waals surface area contributed by atoms with E-state index in [0.29, 0.717) is 0 Å². The highest BCUT2D eigenvalue weighted by Crippen LogP contribution is 2.19. The molecule has 0 aliphatic rings. The lowest BCUT2D eigenvalue weighted by atomic mass is 9.99. The summed E-state index contributed by atoms with van der Waals surface area (Å²) in [4.78, 5) is 0. The second kappa shape index (κ2) is 5.43. The molecule has 0 unspecified atom stereocenters. The number of hydrogen-bond acceptors (Lipinski definition) is 1. The fourth-order valence-corrected chi connectivity index (χ4v) is 1.45. The van der Waals surface area contributed by atoms with Crippen molar-refractivity contribution in [2.75, 3.05) is 6.61 Å². The van der Waals surface area contributed by atoms with Crippen LogP contribution in [-0.4, -0.2) is 11.7 Å². The van der Waals surface area contributed by atoms with Gasteiger partial charge in [0, 0.05) is 5.57 Å². The van der Waals surface area contributed by atoms with Gasteiger partial charge in [0.25, 0.3) is 0 Å². The van der Waals surface area contributed by atoms with Gasteiger partial charge in [0.1, 0.15) is 0 Å². The van der Waals surface area contributed by atoms with Crippen LogP contribution in [0, 0.1) is 6.92 Å². The van der Waals surface area contributed by atoms with Gasteiger partial charge in [-0.2, -0.15) is 0 Å². The van der Waals surface area contributed by atoms with Gasteiger partial charge in [-0.3, -0.25) is 0 Å². The van der Waals surface area contributed by atoms with Crippen LogP contribution in [-0.2, 0) is 0 Å². The van der Waals surface area contributed by atoms with E-state index in [0.717, 1.165) is 12.0 Å². The summed E-state index contributed by atoms with van der Waals surface area (Å²) in [5.41, 5.74) is 6.74. The topological polar surface area (TPSA) is 20.2 Å². The van der Waals surface area contributed by atoms with Crippen molar-refractivity contribution in [2.24, 2.45) is 0 Å². The molecule has 0 aliphatic heterocycles. The van der Waals surface area contributed by atoms with Crippen molar-refractivity contribution < 1.29 is 5.11 Å². The van der Waals surface area contributed by atoms with Gasteiger partial charge in [0.2, 0.25) is 0 Å². The van der Waals surface area contributed by atoms with Crippen LogP contribution in [0.4, 0.5) is 0 Å². The maximum Gasteiger partial charge on any atom is 0.0686 e. The van der Waals surface area contributed by atoms with Gasteiger partial charge >= 0.3 is 0 Å². The average Bonchev–Trinajstić information content (AvgIpc) is 2.21. The molecule has 1 nitrogen and oxygen atoms in total. The second-order valence-electron chi connectivity index (χ2n) is 3.18. The van der Waals surface area contributed by atoms with Crippen LogP contribution in [0.1, 0.15) is 24.5 Å². The van der Waals surface area contributed by atoms with E-state index in [4.69, 9.17) is 5.11 Å². The van der Waals surface area contributed by atoms with Gasteiger partial charge < -0.3 is 5.11 Å². The Morgan fingerprint density at radius 1 is 1.43 bits per heavy atom. The first-order valence-electron chi connectivity index (χ1n) is 4.90. The first kappa shape index (κ1) is 10.8. The molecule has 0 radical (unpaired) electrons. The molecule has 0 atom stereocenters. The molecule has 0 spiro atoms. The molecule has 1 rings (SSSR count). The van der Waals surface area contributed by atoms with Gasteiger partial charge in [-0.25, -0.2) is 0 Å². The van der Waals surface area contributed by atoms with Crippen molar-refractivity contribution in [3.8, 4) is 0 Å². The zero-order valence-electron chi connectivity index (χ0n) is 8.75. The van der Waals surface area contributed by atoms with E-state index in [9.17, 15) is 0 Å². The molecule has 0 amide bonds. The van der Waals surface area contributed by atoms with Crippen molar-refractivity contribution in [3.63, 3.8) is 0 Å². The smallest absolute Gasteiger partial charge is 0.0686 e. The molecule has 0 saturated heterocycles. The highest BCUT2D eigenvalue weighted by molar-refractivity contribution is 5.67. The summed E-state index contributed by atoms with van der Waals surface area (Å²) in [6.45, 7) is 4.24. The average molecular weight is 188 g/mol. The lowest BCUT2D eigenvalue weighted by Gasteiger charge is -2.05. The minimum Gasteiger partial charge on any atom is -0.392 e. The molecule has 1 aromatic carbocycles. The quantitative estimate of drug-likeness (QED) is 0.723. The number of hydrogen-bond donors (Lipinski definition) is 1. The Labute approximate surface area is 85.4 Å². The summed E-state index contributed by atoms with van der Waals surface area (Å²) in [5, 5.41) is 8.70. The number of aliphatic hydroxyl groups is 1. The van der Waals surface area contributed by atoms with Crippen LogP contribution in [0.25, 0.3) is 5.57 Å². The second-order valence-corrected chi connectivity index (χ2v) is 3.18. The molecule has 0 saturated carbocycles. The molecule has 1 heteroatoms. The molecule has 0 heterocycles. The third kappa shape index (κ3) is 2.59. The molecule has 14 heavy (non-hydrogen) atoms. The van der Waals surface area contributed by atoms with E-state index in [2.05, 4.69) is 31.7 Å². The van der Waals surface area contributed by atoms with Crippen LogP contribution in [0.2, 0.25) is 0 Å².